The summed E-state index contributed by atoms with van der Waals surface area (Å²) in [6.07, 6.45) is 10.9. The SMILES string of the molecule is CCC(CC(Br)C1C=CC=CC1)C(O)OC. The molecule has 0 aromatic carbocycles. The first kappa shape index (κ1) is 13.9. The standard InChI is InChI=1S/C13H21BrO2/c1-3-10(13(15)16-2)9-12(14)11-7-5-4-6-8-11/h4-7,10-13,15H,3,8-9H2,1-2H3. The number of methoxy groups -OCH3 is 1. The molecule has 2 nitrogen and oxygen atoms in total. The Morgan fingerprint density at radius 2 is 2.25 bits per heavy atom. The zero-order valence-corrected chi connectivity index (χ0v) is 11.6. The molecule has 0 saturated heterocycles. The summed E-state index contributed by atoms with van der Waals surface area (Å²) in [5.41, 5.74) is 0. The molecule has 4 unspecified atom stereocenters. The molecule has 0 bridgehead atoms. The van der Waals surface area contributed by atoms with Crippen molar-refractivity contribution in [1.29, 1.82) is 0 Å². The molecule has 3 heteroatoms. The molecule has 16 heavy (non-hydrogen) atoms. The molecule has 0 aromatic heterocycles. The van der Waals surface area contributed by atoms with Crippen LogP contribution in [0.25, 0.3) is 0 Å². The van der Waals surface area contributed by atoms with Crippen molar-refractivity contribution in [3.8, 4) is 0 Å². The van der Waals surface area contributed by atoms with Gasteiger partial charge in [0.15, 0.2) is 6.29 Å². The van der Waals surface area contributed by atoms with Gasteiger partial charge in [0.1, 0.15) is 0 Å². The van der Waals surface area contributed by atoms with Crippen molar-refractivity contribution in [2.24, 2.45) is 11.8 Å². The predicted octanol–water partition coefficient (Wildman–Crippen LogP) is 3.26. The fraction of sp³-hybridized carbons (Fsp3) is 0.692. The molecule has 0 aliphatic heterocycles. The van der Waals surface area contributed by atoms with Gasteiger partial charge in [0.05, 0.1) is 0 Å². The van der Waals surface area contributed by atoms with Gasteiger partial charge in [-0.3, -0.25) is 0 Å². The number of halogens is 1. The van der Waals surface area contributed by atoms with Gasteiger partial charge in [-0.1, -0.05) is 47.2 Å². The molecule has 0 saturated carbocycles. The third kappa shape index (κ3) is 4.04. The van der Waals surface area contributed by atoms with Gasteiger partial charge in [-0.05, 0) is 25.2 Å². The Bertz CT molecular complexity index is 250. The van der Waals surface area contributed by atoms with Crippen molar-refractivity contribution >= 4 is 15.9 Å². The topological polar surface area (TPSA) is 29.5 Å². The molecule has 1 N–H and O–H groups in total. The van der Waals surface area contributed by atoms with Crippen molar-refractivity contribution in [2.75, 3.05) is 7.11 Å². The Morgan fingerprint density at radius 1 is 1.50 bits per heavy atom. The van der Waals surface area contributed by atoms with Crippen molar-refractivity contribution in [3.63, 3.8) is 0 Å². The fourth-order valence-corrected chi connectivity index (χ4v) is 2.88. The van der Waals surface area contributed by atoms with Crippen LogP contribution in [-0.4, -0.2) is 23.3 Å². The lowest BCUT2D eigenvalue weighted by atomic mass is 9.90. The number of hydrogen-bond acceptors (Lipinski definition) is 2. The largest absolute Gasteiger partial charge is 0.368 e. The molecule has 92 valence electrons. The van der Waals surface area contributed by atoms with Crippen LogP contribution in [0.4, 0.5) is 0 Å². The zero-order valence-electron chi connectivity index (χ0n) is 9.97. The minimum atomic E-state index is -0.645. The molecule has 0 fully saturated rings. The van der Waals surface area contributed by atoms with Crippen molar-refractivity contribution in [2.45, 2.75) is 37.3 Å². The quantitative estimate of drug-likeness (QED) is 0.600. The number of hydrogen-bond donors (Lipinski definition) is 1. The highest BCUT2D eigenvalue weighted by Gasteiger charge is 2.24. The minimum absolute atomic E-state index is 0.202. The lowest BCUT2D eigenvalue weighted by Gasteiger charge is -2.26. The van der Waals surface area contributed by atoms with Crippen LogP contribution in [-0.2, 0) is 4.74 Å². The average molecular weight is 289 g/mol. The third-order valence-corrected chi connectivity index (χ3v) is 4.23. The molecule has 1 aliphatic carbocycles. The van der Waals surface area contributed by atoms with Crippen LogP contribution in [0.3, 0.4) is 0 Å². The van der Waals surface area contributed by atoms with Gasteiger partial charge in [-0.2, -0.15) is 0 Å². The van der Waals surface area contributed by atoms with Crippen LogP contribution < -0.4 is 0 Å². The molecule has 1 rings (SSSR count). The summed E-state index contributed by atoms with van der Waals surface area (Å²) in [6, 6.07) is 0. The molecule has 0 spiro atoms. The molecular weight excluding hydrogens is 268 g/mol. The highest BCUT2D eigenvalue weighted by atomic mass is 79.9. The maximum absolute atomic E-state index is 9.69. The van der Waals surface area contributed by atoms with Gasteiger partial charge < -0.3 is 9.84 Å². The Balaban J connectivity index is 2.45. The summed E-state index contributed by atoms with van der Waals surface area (Å²) in [4.78, 5) is 0.406. The average Bonchev–Trinajstić information content (AvgIpc) is 2.35. The number of rotatable bonds is 6. The Kier molecular flexibility index (Phi) is 6.32. The van der Waals surface area contributed by atoms with E-state index in [9.17, 15) is 5.11 Å². The Labute approximate surface area is 107 Å². The monoisotopic (exact) mass is 288 g/mol. The van der Waals surface area contributed by atoms with E-state index in [1.807, 2.05) is 0 Å². The number of allylic oxidation sites excluding steroid dienone is 4. The summed E-state index contributed by atoms with van der Waals surface area (Å²) in [6.45, 7) is 2.09. The molecule has 1 aliphatic rings. The van der Waals surface area contributed by atoms with Crippen LogP contribution in [0.1, 0.15) is 26.2 Å². The van der Waals surface area contributed by atoms with E-state index < -0.39 is 6.29 Å². The van der Waals surface area contributed by atoms with Crippen LogP contribution in [0, 0.1) is 11.8 Å². The van der Waals surface area contributed by atoms with Crippen LogP contribution in [0.2, 0.25) is 0 Å². The Hall–Kier alpha value is -0.120. The maximum atomic E-state index is 9.69. The number of alkyl halides is 1. The molecule has 0 heterocycles. The highest BCUT2D eigenvalue weighted by molar-refractivity contribution is 9.09. The smallest absolute Gasteiger partial charge is 0.156 e. The predicted molar refractivity (Wildman–Crippen MR) is 70.5 cm³/mol. The number of aliphatic hydroxyl groups is 1. The number of aliphatic hydroxyl groups excluding tert-OH is 1. The number of ether oxygens (including phenoxy) is 1. The molecule has 0 aromatic rings. The van der Waals surface area contributed by atoms with Gasteiger partial charge in [0.25, 0.3) is 0 Å². The first-order chi connectivity index (χ1) is 7.69. The summed E-state index contributed by atoms with van der Waals surface area (Å²) in [5, 5.41) is 9.69. The van der Waals surface area contributed by atoms with Gasteiger partial charge in [-0.15, -0.1) is 0 Å². The lowest BCUT2D eigenvalue weighted by Crippen LogP contribution is -2.26. The van der Waals surface area contributed by atoms with E-state index in [1.54, 1.807) is 7.11 Å². The van der Waals surface area contributed by atoms with E-state index in [4.69, 9.17) is 4.74 Å². The van der Waals surface area contributed by atoms with Crippen LogP contribution in [0.15, 0.2) is 24.3 Å². The summed E-state index contributed by atoms with van der Waals surface area (Å²) < 4.78 is 4.99. The zero-order chi connectivity index (χ0) is 12.0. The fourth-order valence-electron chi connectivity index (χ4n) is 2.01. The van der Waals surface area contributed by atoms with Crippen molar-refractivity contribution in [1.82, 2.24) is 0 Å². The molecule has 0 amide bonds. The van der Waals surface area contributed by atoms with Gasteiger partial charge in [0.2, 0.25) is 0 Å². The third-order valence-electron chi connectivity index (χ3n) is 3.18. The van der Waals surface area contributed by atoms with Crippen molar-refractivity contribution < 1.29 is 9.84 Å². The Morgan fingerprint density at radius 3 is 2.75 bits per heavy atom. The summed E-state index contributed by atoms with van der Waals surface area (Å²) in [5.74, 6) is 0.733. The van der Waals surface area contributed by atoms with Crippen molar-refractivity contribution in [3.05, 3.63) is 24.3 Å². The second-order valence-electron chi connectivity index (χ2n) is 4.26. The molecule has 4 atom stereocenters. The van der Waals surface area contributed by atoms with E-state index in [-0.39, 0.29) is 5.92 Å². The summed E-state index contributed by atoms with van der Waals surface area (Å²) in [7, 11) is 1.56. The van der Waals surface area contributed by atoms with E-state index in [1.165, 1.54) is 0 Å². The van der Waals surface area contributed by atoms with E-state index in [2.05, 4.69) is 47.2 Å². The van der Waals surface area contributed by atoms with E-state index in [0.717, 1.165) is 19.3 Å². The van der Waals surface area contributed by atoms with Gasteiger partial charge in [0, 0.05) is 17.9 Å². The second-order valence-corrected chi connectivity index (χ2v) is 5.44. The molecule has 0 radical (unpaired) electrons. The van der Waals surface area contributed by atoms with Crippen LogP contribution >= 0.6 is 15.9 Å². The first-order valence-electron chi connectivity index (χ1n) is 5.87. The maximum Gasteiger partial charge on any atom is 0.156 e. The van der Waals surface area contributed by atoms with E-state index in [0.29, 0.717) is 10.7 Å². The lowest BCUT2D eigenvalue weighted by molar-refractivity contribution is -0.115. The van der Waals surface area contributed by atoms with Crippen LogP contribution in [0.5, 0.6) is 0 Å². The second kappa shape index (κ2) is 7.25. The van der Waals surface area contributed by atoms with Gasteiger partial charge in [-0.25, -0.2) is 0 Å². The summed E-state index contributed by atoms with van der Waals surface area (Å²) >= 11 is 3.73. The van der Waals surface area contributed by atoms with E-state index >= 15 is 0 Å². The first-order valence-corrected chi connectivity index (χ1v) is 6.78. The minimum Gasteiger partial charge on any atom is -0.368 e. The normalized spacial score (nSPS) is 25.4. The molecular formula is C13H21BrO2. The highest BCUT2D eigenvalue weighted by Crippen LogP contribution is 2.29. The van der Waals surface area contributed by atoms with Gasteiger partial charge >= 0.3 is 0 Å².